The molecule has 1 aliphatic rings. The van der Waals surface area contributed by atoms with Gasteiger partial charge < -0.3 is 19.6 Å². The number of aromatic carboxylic acids is 1. The van der Waals surface area contributed by atoms with Gasteiger partial charge in [0.1, 0.15) is 11.3 Å². The minimum absolute atomic E-state index is 0.238. The molecular weight excluding hydrogens is 222 g/mol. The van der Waals surface area contributed by atoms with Gasteiger partial charge in [-0.2, -0.15) is 0 Å². The molecule has 0 radical (unpaired) electrons. The lowest BCUT2D eigenvalue weighted by molar-refractivity contribution is 0.0694. The maximum Gasteiger partial charge on any atom is 0.339 e. The van der Waals surface area contributed by atoms with Crippen molar-refractivity contribution in [3.8, 4) is 0 Å². The van der Waals surface area contributed by atoms with Crippen molar-refractivity contribution in [2.75, 3.05) is 19.8 Å². The first kappa shape index (κ1) is 12.1. The standard InChI is InChI=1S/C12H17NO4/c14-12(15)10-3-6-17-11(10)7-13-4-1-9-2-5-16-8-9/h3,6,9,13H,1-2,4-5,7-8H2,(H,14,15). The molecule has 0 saturated carbocycles. The van der Waals surface area contributed by atoms with E-state index in [1.54, 1.807) is 0 Å². The molecule has 0 amide bonds. The highest BCUT2D eigenvalue weighted by Crippen LogP contribution is 2.15. The lowest BCUT2D eigenvalue weighted by Gasteiger charge is -2.07. The van der Waals surface area contributed by atoms with Gasteiger partial charge in [-0.05, 0) is 31.4 Å². The van der Waals surface area contributed by atoms with E-state index in [-0.39, 0.29) is 5.56 Å². The lowest BCUT2D eigenvalue weighted by atomic mass is 10.1. The number of carbonyl (C=O) groups is 1. The second-order valence-corrected chi connectivity index (χ2v) is 4.26. The molecule has 5 heteroatoms. The van der Waals surface area contributed by atoms with E-state index in [2.05, 4.69) is 5.32 Å². The van der Waals surface area contributed by atoms with E-state index >= 15 is 0 Å². The quantitative estimate of drug-likeness (QED) is 0.736. The molecule has 0 aliphatic carbocycles. The molecule has 1 aromatic rings. The van der Waals surface area contributed by atoms with E-state index in [0.29, 0.717) is 18.2 Å². The zero-order chi connectivity index (χ0) is 12.1. The maximum absolute atomic E-state index is 10.8. The van der Waals surface area contributed by atoms with Crippen molar-refractivity contribution >= 4 is 5.97 Å². The highest BCUT2D eigenvalue weighted by atomic mass is 16.5. The second kappa shape index (κ2) is 5.84. The van der Waals surface area contributed by atoms with E-state index in [1.807, 2.05) is 0 Å². The molecule has 5 nitrogen and oxygen atoms in total. The van der Waals surface area contributed by atoms with Gasteiger partial charge in [0.15, 0.2) is 0 Å². The second-order valence-electron chi connectivity index (χ2n) is 4.26. The van der Waals surface area contributed by atoms with Gasteiger partial charge in [0.25, 0.3) is 0 Å². The van der Waals surface area contributed by atoms with Crippen LogP contribution in [0, 0.1) is 5.92 Å². The summed E-state index contributed by atoms with van der Waals surface area (Å²) in [5, 5.41) is 12.1. The van der Waals surface area contributed by atoms with Crippen molar-refractivity contribution < 1.29 is 19.1 Å². The molecule has 1 atom stereocenters. The number of carboxylic acids is 1. The molecule has 0 spiro atoms. The van der Waals surface area contributed by atoms with Crippen molar-refractivity contribution in [3.63, 3.8) is 0 Å². The molecule has 1 aromatic heterocycles. The Morgan fingerprint density at radius 2 is 2.47 bits per heavy atom. The average molecular weight is 239 g/mol. The third-order valence-corrected chi connectivity index (χ3v) is 3.01. The summed E-state index contributed by atoms with van der Waals surface area (Å²) in [4.78, 5) is 10.8. The molecule has 1 aliphatic heterocycles. The number of nitrogens with one attached hydrogen (secondary N) is 1. The zero-order valence-corrected chi connectivity index (χ0v) is 9.65. The average Bonchev–Trinajstić information content (AvgIpc) is 2.95. The monoisotopic (exact) mass is 239 g/mol. The van der Waals surface area contributed by atoms with Crippen molar-refractivity contribution in [1.29, 1.82) is 0 Å². The highest BCUT2D eigenvalue weighted by molar-refractivity contribution is 5.88. The first-order chi connectivity index (χ1) is 8.27. The minimum atomic E-state index is -0.945. The third kappa shape index (κ3) is 3.31. The molecule has 0 aromatic carbocycles. The first-order valence-electron chi connectivity index (χ1n) is 5.85. The van der Waals surface area contributed by atoms with Gasteiger partial charge in [-0.1, -0.05) is 0 Å². The molecule has 17 heavy (non-hydrogen) atoms. The fourth-order valence-electron chi connectivity index (χ4n) is 1.99. The smallest absolute Gasteiger partial charge is 0.339 e. The van der Waals surface area contributed by atoms with Crippen LogP contribution in [0.1, 0.15) is 29.0 Å². The van der Waals surface area contributed by atoms with Gasteiger partial charge in [-0.15, -0.1) is 0 Å². The summed E-state index contributed by atoms with van der Waals surface area (Å²) in [5.74, 6) is 0.179. The topological polar surface area (TPSA) is 71.7 Å². The van der Waals surface area contributed by atoms with Crippen LogP contribution in [0.25, 0.3) is 0 Å². The number of hydrogen-bond donors (Lipinski definition) is 2. The SMILES string of the molecule is O=C(O)c1ccoc1CNCCC1CCOC1. The van der Waals surface area contributed by atoms with Crippen LogP contribution in [0.3, 0.4) is 0 Å². The predicted octanol–water partition coefficient (Wildman–Crippen LogP) is 1.49. The van der Waals surface area contributed by atoms with E-state index in [9.17, 15) is 4.79 Å². The highest BCUT2D eigenvalue weighted by Gasteiger charge is 2.15. The van der Waals surface area contributed by atoms with Crippen molar-refractivity contribution in [1.82, 2.24) is 5.32 Å². The Hall–Kier alpha value is -1.33. The van der Waals surface area contributed by atoms with Crippen LogP contribution in [0.15, 0.2) is 16.7 Å². The fourth-order valence-corrected chi connectivity index (χ4v) is 1.99. The van der Waals surface area contributed by atoms with Gasteiger partial charge in [0.2, 0.25) is 0 Å². The van der Waals surface area contributed by atoms with Gasteiger partial charge in [-0.3, -0.25) is 0 Å². The van der Waals surface area contributed by atoms with Crippen LogP contribution in [0.4, 0.5) is 0 Å². The minimum Gasteiger partial charge on any atom is -0.478 e. The van der Waals surface area contributed by atoms with Gasteiger partial charge in [0, 0.05) is 13.2 Å². The largest absolute Gasteiger partial charge is 0.478 e. The summed E-state index contributed by atoms with van der Waals surface area (Å²) in [5.41, 5.74) is 0.238. The van der Waals surface area contributed by atoms with Crippen LogP contribution in [0.5, 0.6) is 0 Å². The number of hydrogen-bond acceptors (Lipinski definition) is 4. The molecule has 2 rings (SSSR count). The van der Waals surface area contributed by atoms with Crippen LogP contribution < -0.4 is 5.32 Å². The number of rotatable bonds is 6. The lowest BCUT2D eigenvalue weighted by Crippen LogP contribution is -2.18. The van der Waals surface area contributed by atoms with Crippen LogP contribution in [-0.2, 0) is 11.3 Å². The van der Waals surface area contributed by atoms with E-state index in [0.717, 1.165) is 32.6 Å². The molecule has 1 unspecified atom stereocenters. The Morgan fingerprint density at radius 3 is 3.18 bits per heavy atom. The van der Waals surface area contributed by atoms with E-state index in [1.165, 1.54) is 12.3 Å². The van der Waals surface area contributed by atoms with Crippen molar-refractivity contribution in [3.05, 3.63) is 23.7 Å². The third-order valence-electron chi connectivity index (χ3n) is 3.01. The number of furan rings is 1. The predicted molar refractivity (Wildman–Crippen MR) is 60.9 cm³/mol. The van der Waals surface area contributed by atoms with Gasteiger partial charge >= 0.3 is 5.97 Å². The zero-order valence-electron chi connectivity index (χ0n) is 9.65. The summed E-state index contributed by atoms with van der Waals surface area (Å²) >= 11 is 0. The Bertz CT molecular complexity index is 368. The first-order valence-corrected chi connectivity index (χ1v) is 5.85. The number of ether oxygens (including phenoxy) is 1. The van der Waals surface area contributed by atoms with Crippen LogP contribution in [-0.4, -0.2) is 30.8 Å². The molecule has 0 bridgehead atoms. The summed E-state index contributed by atoms with van der Waals surface area (Å²) < 4.78 is 10.4. The fraction of sp³-hybridized carbons (Fsp3) is 0.583. The molecule has 2 heterocycles. The van der Waals surface area contributed by atoms with Crippen molar-refractivity contribution in [2.45, 2.75) is 19.4 Å². The van der Waals surface area contributed by atoms with Crippen LogP contribution in [0.2, 0.25) is 0 Å². The van der Waals surface area contributed by atoms with E-state index < -0.39 is 5.97 Å². The molecule has 2 N–H and O–H groups in total. The summed E-state index contributed by atoms with van der Waals surface area (Å²) in [6.07, 6.45) is 3.59. The maximum atomic E-state index is 10.8. The Balaban J connectivity index is 1.70. The summed E-state index contributed by atoms with van der Waals surface area (Å²) in [6.45, 7) is 3.03. The molecule has 1 fully saturated rings. The Kier molecular flexibility index (Phi) is 4.17. The Morgan fingerprint density at radius 1 is 1.59 bits per heavy atom. The summed E-state index contributed by atoms with van der Waals surface area (Å²) in [6, 6.07) is 1.48. The van der Waals surface area contributed by atoms with Crippen LogP contribution >= 0.6 is 0 Å². The summed E-state index contributed by atoms with van der Waals surface area (Å²) in [7, 11) is 0. The Labute approximate surface area is 99.8 Å². The number of carboxylic acid groups (broad SMARTS) is 1. The van der Waals surface area contributed by atoms with Gasteiger partial charge in [-0.25, -0.2) is 4.79 Å². The van der Waals surface area contributed by atoms with E-state index in [4.69, 9.17) is 14.3 Å². The van der Waals surface area contributed by atoms with Crippen molar-refractivity contribution in [2.24, 2.45) is 5.92 Å². The molecule has 94 valence electrons. The van der Waals surface area contributed by atoms with Gasteiger partial charge in [0.05, 0.1) is 12.8 Å². The molecule has 1 saturated heterocycles. The normalized spacial score (nSPS) is 19.6. The molecular formula is C12H17NO4.